The largest absolute Gasteiger partial charge is 0.465 e. The van der Waals surface area contributed by atoms with E-state index in [1.807, 2.05) is 0 Å². The second-order valence-corrected chi connectivity index (χ2v) is 4.96. The second-order valence-electron chi connectivity index (χ2n) is 4.96. The minimum absolute atomic E-state index is 0.0275. The lowest BCUT2D eigenvalue weighted by Gasteiger charge is -2.36. The summed E-state index contributed by atoms with van der Waals surface area (Å²) in [6, 6.07) is 3.50. The molecule has 1 aromatic rings. The van der Waals surface area contributed by atoms with Crippen molar-refractivity contribution in [2.75, 3.05) is 13.1 Å². The molecule has 6 heteroatoms. The van der Waals surface area contributed by atoms with Gasteiger partial charge in [-0.05, 0) is 25.0 Å². The van der Waals surface area contributed by atoms with Gasteiger partial charge in [-0.15, -0.1) is 0 Å². The van der Waals surface area contributed by atoms with Crippen molar-refractivity contribution < 1.29 is 14.7 Å². The van der Waals surface area contributed by atoms with Crippen molar-refractivity contribution >= 4 is 12.0 Å². The number of likely N-dealkylation sites (tertiary alicyclic amines) is 1. The van der Waals surface area contributed by atoms with Crippen LogP contribution in [0.2, 0.25) is 0 Å². The maximum atomic E-state index is 12.3. The molecule has 100 valence electrons. The van der Waals surface area contributed by atoms with Crippen LogP contribution in [0.1, 0.15) is 28.9 Å². The molecule has 3 rings (SSSR count). The van der Waals surface area contributed by atoms with Crippen molar-refractivity contribution in [1.29, 1.82) is 0 Å². The number of pyridine rings is 1. The first-order valence-corrected chi connectivity index (χ1v) is 6.39. The van der Waals surface area contributed by atoms with Crippen molar-refractivity contribution in [2.45, 2.75) is 25.4 Å². The number of rotatable bonds is 1. The van der Waals surface area contributed by atoms with E-state index < -0.39 is 6.09 Å². The Morgan fingerprint density at radius 1 is 1.47 bits per heavy atom. The van der Waals surface area contributed by atoms with Crippen LogP contribution in [0, 0.1) is 0 Å². The van der Waals surface area contributed by atoms with Crippen molar-refractivity contribution in [3.8, 4) is 0 Å². The number of hydrogen-bond donors (Lipinski definition) is 1. The Morgan fingerprint density at radius 3 is 3.05 bits per heavy atom. The van der Waals surface area contributed by atoms with E-state index in [9.17, 15) is 9.59 Å². The minimum atomic E-state index is -0.910. The average Bonchev–Trinajstić information content (AvgIpc) is 2.77. The van der Waals surface area contributed by atoms with Crippen molar-refractivity contribution in [3.05, 3.63) is 29.6 Å². The monoisotopic (exact) mass is 261 g/mol. The summed E-state index contributed by atoms with van der Waals surface area (Å²) < 4.78 is 0. The Hall–Kier alpha value is -2.11. The number of hydrogen-bond acceptors (Lipinski definition) is 3. The third-order valence-electron chi connectivity index (χ3n) is 3.81. The molecule has 2 aliphatic heterocycles. The van der Waals surface area contributed by atoms with Crippen molar-refractivity contribution in [3.63, 3.8) is 0 Å². The number of aromatic nitrogens is 1. The molecule has 6 nitrogen and oxygen atoms in total. The third-order valence-corrected chi connectivity index (χ3v) is 3.81. The molecule has 2 amide bonds. The zero-order chi connectivity index (χ0) is 13.4. The van der Waals surface area contributed by atoms with Gasteiger partial charge in [0.25, 0.3) is 5.91 Å². The molecule has 1 aromatic heterocycles. The third kappa shape index (κ3) is 2.03. The smallest absolute Gasteiger partial charge is 0.407 e. The standard InChI is InChI=1S/C13H15N3O3/c17-12-10-4-1-5-14-11(10)8-16(12)9-3-2-6-15(7-9)13(18)19/h1,4-5,9H,2-3,6-8H2,(H,18,19). The van der Waals surface area contributed by atoms with Crippen LogP contribution in [-0.2, 0) is 6.54 Å². The van der Waals surface area contributed by atoms with Crippen LogP contribution in [0.4, 0.5) is 4.79 Å². The van der Waals surface area contributed by atoms with Gasteiger partial charge in [0, 0.05) is 19.3 Å². The molecule has 1 fully saturated rings. The average molecular weight is 261 g/mol. The van der Waals surface area contributed by atoms with Crippen LogP contribution in [0.5, 0.6) is 0 Å². The van der Waals surface area contributed by atoms with Crippen LogP contribution < -0.4 is 0 Å². The molecule has 1 N–H and O–H groups in total. The summed E-state index contributed by atoms with van der Waals surface area (Å²) in [5, 5.41) is 9.05. The lowest BCUT2D eigenvalue weighted by molar-refractivity contribution is 0.0558. The predicted octanol–water partition coefficient (Wildman–Crippen LogP) is 1.18. The highest BCUT2D eigenvalue weighted by Crippen LogP contribution is 2.26. The summed E-state index contributed by atoms with van der Waals surface area (Å²) in [5.41, 5.74) is 1.44. The number of fused-ring (bicyclic) bond motifs is 1. The molecule has 0 aliphatic carbocycles. The van der Waals surface area contributed by atoms with E-state index in [1.54, 1.807) is 23.2 Å². The summed E-state index contributed by atoms with van der Waals surface area (Å²) >= 11 is 0. The zero-order valence-corrected chi connectivity index (χ0v) is 10.5. The van der Waals surface area contributed by atoms with Crippen molar-refractivity contribution in [2.24, 2.45) is 0 Å². The van der Waals surface area contributed by atoms with Gasteiger partial charge in [0.2, 0.25) is 0 Å². The van der Waals surface area contributed by atoms with Gasteiger partial charge in [0.1, 0.15) is 0 Å². The first-order chi connectivity index (χ1) is 9.16. The molecule has 3 heterocycles. The fourth-order valence-corrected chi connectivity index (χ4v) is 2.82. The van der Waals surface area contributed by atoms with E-state index >= 15 is 0 Å². The Morgan fingerprint density at radius 2 is 2.32 bits per heavy atom. The minimum Gasteiger partial charge on any atom is -0.465 e. The second kappa shape index (κ2) is 4.53. The van der Waals surface area contributed by atoms with Gasteiger partial charge >= 0.3 is 6.09 Å². The van der Waals surface area contributed by atoms with Gasteiger partial charge in [0.05, 0.1) is 23.8 Å². The number of nitrogens with zero attached hydrogens (tertiary/aromatic N) is 3. The molecular formula is C13H15N3O3. The van der Waals surface area contributed by atoms with Gasteiger partial charge in [-0.1, -0.05) is 0 Å². The molecule has 1 atom stereocenters. The van der Waals surface area contributed by atoms with Crippen molar-refractivity contribution in [1.82, 2.24) is 14.8 Å². The zero-order valence-electron chi connectivity index (χ0n) is 10.5. The summed E-state index contributed by atoms with van der Waals surface area (Å²) in [7, 11) is 0. The quantitative estimate of drug-likeness (QED) is 0.823. The first-order valence-electron chi connectivity index (χ1n) is 6.39. The SMILES string of the molecule is O=C(O)N1CCCC(N2Cc3ncccc3C2=O)C1. The van der Waals surface area contributed by atoms with Gasteiger partial charge in [-0.25, -0.2) is 4.79 Å². The van der Waals surface area contributed by atoms with E-state index in [2.05, 4.69) is 4.98 Å². The molecule has 1 unspecified atom stereocenters. The molecule has 19 heavy (non-hydrogen) atoms. The first kappa shape index (κ1) is 12.0. The van der Waals surface area contributed by atoms with E-state index in [1.165, 1.54) is 4.90 Å². The molecule has 1 saturated heterocycles. The number of carbonyl (C=O) groups is 2. The van der Waals surface area contributed by atoms with Crippen LogP contribution in [-0.4, -0.2) is 51.0 Å². The van der Waals surface area contributed by atoms with E-state index in [-0.39, 0.29) is 11.9 Å². The van der Waals surface area contributed by atoms with Crippen LogP contribution in [0.15, 0.2) is 18.3 Å². The Balaban J connectivity index is 1.78. The van der Waals surface area contributed by atoms with Gasteiger partial charge in [0.15, 0.2) is 0 Å². The topological polar surface area (TPSA) is 73.7 Å². The number of amides is 2. The highest BCUT2D eigenvalue weighted by atomic mass is 16.4. The maximum absolute atomic E-state index is 12.3. The predicted molar refractivity (Wildman–Crippen MR) is 66.7 cm³/mol. The summed E-state index contributed by atoms with van der Waals surface area (Å²) in [5.74, 6) is -0.0275. The fraction of sp³-hybridized carbons (Fsp3) is 0.462. The summed E-state index contributed by atoms with van der Waals surface area (Å²) in [6.07, 6.45) is 2.42. The van der Waals surface area contributed by atoms with Crippen LogP contribution >= 0.6 is 0 Å². The normalized spacial score (nSPS) is 22.5. The molecule has 0 bridgehead atoms. The highest BCUT2D eigenvalue weighted by molar-refractivity contribution is 5.98. The number of carbonyl (C=O) groups excluding carboxylic acids is 1. The molecule has 0 radical (unpaired) electrons. The molecule has 2 aliphatic rings. The van der Waals surface area contributed by atoms with E-state index in [4.69, 9.17) is 5.11 Å². The molecule has 0 saturated carbocycles. The maximum Gasteiger partial charge on any atom is 0.407 e. The Kier molecular flexibility index (Phi) is 2.85. The summed E-state index contributed by atoms with van der Waals surface area (Å²) in [6.45, 7) is 1.45. The Bertz CT molecular complexity index is 532. The van der Waals surface area contributed by atoms with E-state index in [0.717, 1.165) is 18.5 Å². The molecule has 0 spiro atoms. The van der Waals surface area contributed by atoms with Crippen LogP contribution in [0.25, 0.3) is 0 Å². The molecular weight excluding hydrogens is 246 g/mol. The lowest BCUT2D eigenvalue weighted by atomic mass is 10.0. The van der Waals surface area contributed by atoms with Gasteiger partial charge in [-0.3, -0.25) is 9.78 Å². The van der Waals surface area contributed by atoms with Gasteiger partial charge in [-0.2, -0.15) is 0 Å². The fourth-order valence-electron chi connectivity index (χ4n) is 2.82. The highest BCUT2D eigenvalue weighted by Gasteiger charge is 2.36. The van der Waals surface area contributed by atoms with E-state index in [0.29, 0.717) is 25.2 Å². The lowest BCUT2D eigenvalue weighted by Crippen LogP contribution is -2.49. The Labute approximate surface area is 110 Å². The number of carboxylic acid groups (broad SMARTS) is 1. The molecule has 0 aromatic carbocycles. The number of piperidine rings is 1. The van der Waals surface area contributed by atoms with Gasteiger partial charge < -0.3 is 14.9 Å². The van der Waals surface area contributed by atoms with Crippen LogP contribution in [0.3, 0.4) is 0 Å². The summed E-state index contributed by atoms with van der Waals surface area (Å²) in [4.78, 5) is 30.7.